The number of likely N-dealkylation sites (tertiary alicyclic amines) is 1. The Labute approximate surface area is 208 Å². The van der Waals surface area contributed by atoms with Crippen molar-refractivity contribution >= 4 is 26.8 Å². The minimum atomic E-state index is -3.66. The van der Waals surface area contributed by atoms with Gasteiger partial charge < -0.3 is 14.8 Å². The summed E-state index contributed by atoms with van der Waals surface area (Å²) < 4.78 is 29.4. The molecule has 2 atom stereocenters. The van der Waals surface area contributed by atoms with Gasteiger partial charge in [-0.05, 0) is 69.2 Å². The monoisotopic (exact) mass is 502 g/mol. The summed E-state index contributed by atoms with van der Waals surface area (Å²) in [5.41, 5.74) is 0.248. The number of carbonyl (C=O) groups excluding carboxylic acids is 1. The number of carbonyl (C=O) groups is 1. The SMILES string of the molecule is CCn1cc(C(=O)NCCCN2CC(C)CC(C)C2)c(=O)c2cc(S(=O)(=O)N3CCCC3)ccc21. The van der Waals surface area contributed by atoms with Gasteiger partial charge >= 0.3 is 0 Å². The van der Waals surface area contributed by atoms with Gasteiger partial charge in [0.1, 0.15) is 5.56 Å². The molecule has 1 amide bonds. The minimum absolute atomic E-state index is 0.0512. The number of aromatic nitrogens is 1. The van der Waals surface area contributed by atoms with E-state index in [9.17, 15) is 18.0 Å². The van der Waals surface area contributed by atoms with Gasteiger partial charge in [0.25, 0.3) is 5.91 Å². The fourth-order valence-corrected chi connectivity index (χ4v) is 7.16. The van der Waals surface area contributed by atoms with Crippen LogP contribution in [0.1, 0.15) is 56.8 Å². The maximum atomic E-state index is 13.3. The van der Waals surface area contributed by atoms with Crippen molar-refractivity contribution in [2.45, 2.75) is 57.9 Å². The van der Waals surface area contributed by atoms with E-state index in [1.165, 1.54) is 16.8 Å². The summed E-state index contributed by atoms with van der Waals surface area (Å²) in [6, 6.07) is 4.67. The summed E-state index contributed by atoms with van der Waals surface area (Å²) in [5.74, 6) is 0.975. The molecule has 192 valence electrons. The van der Waals surface area contributed by atoms with Crippen LogP contribution in [0.25, 0.3) is 10.9 Å². The number of hydrogen-bond donors (Lipinski definition) is 1. The lowest BCUT2D eigenvalue weighted by Gasteiger charge is -2.34. The maximum Gasteiger partial charge on any atom is 0.256 e. The Balaban J connectivity index is 1.51. The second-order valence-electron chi connectivity index (χ2n) is 10.3. The Morgan fingerprint density at radius 3 is 2.46 bits per heavy atom. The fraction of sp³-hybridized carbons (Fsp3) is 0.615. The van der Waals surface area contributed by atoms with Crippen LogP contribution in [-0.4, -0.2) is 67.4 Å². The van der Waals surface area contributed by atoms with E-state index in [0.717, 1.165) is 38.9 Å². The van der Waals surface area contributed by atoms with Crippen LogP contribution in [0.5, 0.6) is 0 Å². The van der Waals surface area contributed by atoms with E-state index in [2.05, 4.69) is 24.1 Å². The number of nitrogens with zero attached hydrogens (tertiary/aromatic N) is 3. The first kappa shape index (κ1) is 25.9. The van der Waals surface area contributed by atoms with Gasteiger partial charge in [-0.3, -0.25) is 9.59 Å². The highest BCUT2D eigenvalue weighted by atomic mass is 32.2. The van der Waals surface area contributed by atoms with Gasteiger partial charge in [-0.15, -0.1) is 0 Å². The van der Waals surface area contributed by atoms with E-state index in [1.807, 2.05) is 11.5 Å². The van der Waals surface area contributed by atoms with E-state index >= 15 is 0 Å². The Hall–Kier alpha value is -2.23. The quantitative estimate of drug-likeness (QED) is 0.561. The molecule has 2 aliphatic rings. The van der Waals surface area contributed by atoms with Crippen molar-refractivity contribution in [3.05, 3.63) is 40.2 Å². The summed E-state index contributed by atoms with van der Waals surface area (Å²) >= 11 is 0. The summed E-state index contributed by atoms with van der Waals surface area (Å²) in [6.07, 6.45) is 5.35. The maximum absolute atomic E-state index is 13.3. The molecule has 0 bridgehead atoms. The molecule has 1 aromatic heterocycles. The highest BCUT2D eigenvalue weighted by molar-refractivity contribution is 7.89. The van der Waals surface area contributed by atoms with Gasteiger partial charge in [-0.25, -0.2) is 8.42 Å². The lowest BCUT2D eigenvalue weighted by atomic mass is 9.92. The smallest absolute Gasteiger partial charge is 0.256 e. The van der Waals surface area contributed by atoms with Crippen molar-refractivity contribution in [2.75, 3.05) is 39.3 Å². The molecule has 0 saturated carbocycles. The van der Waals surface area contributed by atoms with E-state index in [0.29, 0.717) is 43.5 Å². The molecule has 0 radical (unpaired) electrons. The molecule has 2 aliphatic heterocycles. The predicted octanol–water partition coefficient (Wildman–Crippen LogP) is 2.90. The number of rotatable bonds is 8. The molecule has 35 heavy (non-hydrogen) atoms. The van der Waals surface area contributed by atoms with Crippen molar-refractivity contribution in [3.8, 4) is 0 Å². The van der Waals surface area contributed by atoms with Gasteiger partial charge in [-0.2, -0.15) is 4.31 Å². The van der Waals surface area contributed by atoms with E-state index in [1.54, 1.807) is 18.3 Å². The van der Waals surface area contributed by atoms with Gasteiger partial charge in [0.2, 0.25) is 15.5 Å². The number of amides is 1. The Morgan fingerprint density at radius 1 is 1.11 bits per heavy atom. The molecule has 1 aromatic carbocycles. The number of hydrogen-bond acceptors (Lipinski definition) is 5. The van der Waals surface area contributed by atoms with E-state index in [-0.39, 0.29) is 15.8 Å². The molecule has 0 aliphatic carbocycles. The number of benzene rings is 1. The molecule has 1 N–H and O–H groups in total. The van der Waals surface area contributed by atoms with Crippen LogP contribution in [-0.2, 0) is 16.6 Å². The number of fused-ring (bicyclic) bond motifs is 1. The molecule has 4 rings (SSSR count). The Bertz CT molecular complexity index is 1220. The van der Waals surface area contributed by atoms with Crippen LogP contribution >= 0.6 is 0 Å². The molecule has 2 unspecified atom stereocenters. The average Bonchev–Trinajstić information content (AvgIpc) is 3.37. The highest BCUT2D eigenvalue weighted by Gasteiger charge is 2.28. The Kier molecular flexibility index (Phi) is 7.98. The van der Waals surface area contributed by atoms with Crippen molar-refractivity contribution in [3.63, 3.8) is 0 Å². The average molecular weight is 503 g/mol. The van der Waals surface area contributed by atoms with Crippen LogP contribution in [0.15, 0.2) is 34.1 Å². The van der Waals surface area contributed by atoms with Crippen LogP contribution in [0.3, 0.4) is 0 Å². The fourth-order valence-electron chi connectivity index (χ4n) is 5.61. The second kappa shape index (κ2) is 10.8. The standard InChI is InChI=1S/C26H38N4O4S/c1-4-29-18-23(26(32)27-10-7-11-28-16-19(2)14-20(3)17-28)25(31)22-15-21(8-9-24(22)29)35(33,34)30-12-5-6-13-30/h8-9,15,18-20H,4-7,10-14,16-17H2,1-3H3,(H,27,32). The highest BCUT2D eigenvalue weighted by Crippen LogP contribution is 2.24. The first-order valence-electron chi connectivity index (χ1n) is 12.9. The molecule has 0 spiro atoms. The van der Waals surface area contributed by atoms with Crippen molar-refractivity contribution in [1.82, 2.24) is 19.1 Å². The summed E-state index contributed by atoms with van der Waals surface area (Å²) in [7, 11) is -3.66. The summed E-state index contributed by atoms with van der Waals surface area (Å²) in [6.45, 7) is 11.6. The lowest BCUT2D eigenvalue weighted by molar-refractivity contribution is 0.0945. The number of sulfonamides is 1. The number of piperidine rings is 1. The third kappa shape index (κ3) is 5.62. The molecule has 9 heteroatoms. The van der Waals surface area contributed by atoms with Crippen molar-refractivity contribution in [2.24, 2.45) is 11.8 Å². The third-order valence-corrected chi connectivity index (χ3v) is 9.12. The zero-order valence-electron chi connectivity index (χ0n) is 21.1. The Morgan fingerprint density at radius 2 is 1.80 bits per heavy atom. The molecule has 3 heterocycles. The summed E-state index contributed by atoms with van der Waals surface area (Å²) in [5, 5.41) is 3.16. The topological polar surface area (TPSA) is 91.7 Å². The normalized spacial score (nSPS) is 22.0. The van der Waals surface area contributed by atoms with Crippen molar-refractivity contribution < 1.29 is 13.2 Å². The number of aryl methyl sites for hydroxylation is 1. The molecule has 2 saturated heterocycles. The lowest BCUT2D eigenvalue weighted by Crippen LogP contribution is -2.40. The minimum Gasteiger partial charge on any atom is -0.352 e. The summed E-state index contributed by atoms with van der Waals surface area (Å²) in [4.78, 5) is 28.8. The van der Waals surface area contributed by atoms with Crippen molar-refractivity contribution in [1.29, 1.82) is 0 Å². The van der Waals surface area contributed by atoms with E-state index in [4.69, 9.17) is 0 Å². The number of pyridine rings is 1. The van der Waals surface area contributed by atoms with Crippen LogP contribution in [0.4, 0.5) is 0 Å². The largest absolute Gasteiger partial charge is 0.352 e. The second-order valence-corrected chi connectivity index (χ2v) is 12.2. The van der Waals surface area contributed by atoms with Crippen LogP contribution in [0.2, 0.25) is 0 Å². The molecular formula is C26H38N4O4S. The van der Waals surface area contributed by atoms with Gasteiger partial charge in [0, 0.05) is 50.9 Å². The first-order valence-corrected chi connectivity index (χ1v) is 14.3. The van der Waals surface area contributed by atoms with Crippen LogP contribution < -0.4 is 10.7 Å². The molecular weight excluding hydrogens is 464 g/mol. The zero-order chi connectivity index (χ0) is 25.2. The number of nitrogens with one attached hydrogen (secondary N) is 1. The van der Waals surface area contributed by atoms with Gasteiger partial charge in [-0.1, -0.05) is 13.8 Å². The van der Waals surface area contributed by atoms with Crippen LogP contribution in [0, 0.1) is 11.8 Å². The molecule has 8 nitrogen and oxygen atoms in total. The van der Waals surface area contributed by atoms with Gasteiger partial charge in [0.15, 0.2) is 0 Å². The molecule has 2 fully saturated rings. The zero-order valence-corrected chi connectivity index (χ0v) is 21.9. The predicted molar refractivity (Wildman–Crippen MR) is 138 cm³/mol. The molecule has 2 aromatic rings. The van der Waals surface area contributed by atoms with E-state index < -0.39 is 21.4 Å². The first-order chi connectivity index (χ1) is 16.7. The third-order valence-electron chi connectivity index (χ3n) is 7.22. The van der Waals surface area contributed by atoms with Gasteiger partial charge in [0.05, 0.1) is 10.4 Å².